The number of hydrogen-bond acceptors (Lipinski definition) is 5. The van der Waals surface area contributed by atoms with Crippen LogP contribution in [0.25, 0.3) is 0 Å². The molecule has 1 rings (SSSR count). The van der Waals surface area contributed by atoms with Gasteiger partial charge < -0.3 is 15.2 Å². The van der Waals surface area contributed by atoms with E-state index in [9.17, 15) is 0 Å². The van der Waals surface area contributed by atoms with Crippen LogP contribution in [-0.4, -0.2) is 34.9 Å². The molecule has 1 aromatic rings. The first-order valence-corrected chi connectivity index (χ1v) is 7.63. The molecule has 6 heteroatoms. The Bertz CT molecular complexity index is 309. The van der Waals surface area contributed by atoms with E-state index < -0.39 is 0 Å². The Morgan fingerprint density at radius 1 is 1.15 bits per heavy atom. The SMILES string of the molecule is CCCCOC(CCC(N)c1c[nH]nn1)OCCCC. The Morgan fingerprint density at radius 3 is 2.30 bits per heavy atom. The van der Waals surface area contributed by atoms with E-state index in [0.29, 0.717) is 0 Å². The van der Waals surface area contributed by atoms with Crippen molar-refractivity contribution in [2.75, 3.05) is 13.2 Å². The van der Waals surface area contributed by atoms with E-state index in [1.807, 2.05) is 0 Å². The van der Waals surface area contributed by atoms with Crippen LogP contribution in [0.1, 0.15) is 64.1 Å². The minimum Gasteiger partial charge on any atom is -0.353 e. The van der Waals surface area contributed by atoms with Crippen LogP contribution in [-0.2, 0) is 9.47 Å². The maximum Gasteiger partial charge on any atom is 0.157 e. The van der Waals surface area contributed by atoms with Crippen LogP contribution in [0.2, 0.25) is 0 Å². The normalized spacial score (nSPS) is 13.0. The molecule has 0 spiro atoms. The summed E-state index contributed by atoms with van der Waals surface area (Å²) in [6.07, 6.45) is 7.49. The summed E-state index contributed by atoms with van der Waals surface area (Å²) in [7, 11) is 0. The molecule has 0 saturated heterocycles. The molecule has 20 heavy (non-hydrogen) atoms. The van der Waals surface area contributed by atoms with Gasteiger partial charge in [-0.1, -0.05) is 31.9 Å². The maximum absolute atomic E-state index is 6.06. The average Bonchev–Trinajstić information content (AvgIpc) is 2.98. The Hall–Kier alpha value is -0.980. The molecule has 116 valence electrons. The van der Waals surface area contributed by atoms with Crippen molar-refractivity contribution in [1.82, 2.24) is 15.4 Å². The third-order valence-corrected chi connectivity index (χ3v) is 3.13. The molecule has 0 radical (unpaired) electrons. The van der Waals surface area contributed by atoms with Crippen molar-refractivity contribution >= 4 is 0 Å². The number of nitrogens with two attached hydrogens (primary N) is 1. The van der Waals surface area contributed by atoms with Gasteiger partial charge in [-0.3, -0.25) is 5.10 Å². The number of rotatable bonds is 12. The lowest BCUT2D eigenvalue weighted by Crippen LogP contribution is -2.21. The smallest absolute Gasteiger partial charge is 0.157 e. The van der Waals surface area contributed by atoms with Gasteiger partial charge in [-0.25, -0.2) is 0 Å². The lowest BCUT2D eigenvalue weighted by molar-refractivity contribution is -0.148. The first-order chi connectivity index (χ1) is 9.77. The van der Waals surface area contributed by atoms with E-state index in [0.717, 1.165) is 57.4 Å². The number of nitrogens with zero attached hydrogens (tertiary/aromatic N) is 2. The van der Waals surface area contributed by atoms with Crippen LogP contribution in [0.4, 0.5) is 0 Å². The predicted molar refractivity (Wildman–Crippen MR) is 78.1 cm³/mol. The molecule has 1 heterocycles. The summed E-state index contributed by atoms with van der Waals surface area (Å²) in [5.41, 5.74) is 6.85. The molecular formula is C14H28N4O2. The van der Waals surface area contributed by atoms with Gasteiger partial charge in [0.05, 0.1) is 11.7 Å². The first-order valence-electron chi connectivity index (χ1n) is 7.63. The standard InChI is InChI=1S/C14H28N4O2/c1-3-5-9-19-14(20-10-6-4-2)8-7-12(15)13-11-16-18-17-13/h11-12,14H,3-10,15H2,1-2H3,(H,16,17,18). The number of H-pyrrole nitrogens is 1. The van der Waals surface area contributed by atoms with Gasteiger partial charge in [-0.15, -0.1) is 5.10 Å². The Balaban J connectivity index is 2.30. The topological polar surface area (TPSA) is 86.0 Å². The molecule has 0 aliphatic rings. The van der Waals surface area contributed by atoms with E-state index in [-0.39, 0.29) is 12.3 Å². The molecule has 0 bridgehead atoms. The zero-order valence-corrected chi connectivity index (χ0v) is 12.7. The molecular weight excluding hydrogens is 256 g/mol. The first kappa shape index (κ1) is 17.1. The molecule has 3 N–H and O–H groups in total. The summed E-state index contributed by atoms with van der Waals surface area (Å²) in [5.74, 6) is 0. The van der Waals surface area contributed by atoms with Crippen molar-refractivity contribution in [3.8, 4) is 0 Å². The quantitative estimate of drug-likeness (QED) is 0.455. The molecule has 0 aliphatic carbocycles. The fourth-order valence-corrected chi connectivity index (χ4v) is 1.79. The lowest BCUT2D eigenvalue weighted by atomic mass is 10.1. The second kappa shape index (κ2) is 10.8. The Labute approximate surface area is 121 Å². The van der Waals surface area contributed by atoms with E-state index >= 15 is 0 Å². The summed E-state index contributed by atoms with van der Waals surface area (Å²) in [4.78, 5) is 0. The van der Waals surface area contributed by atoms with E-state index in [2.05, 4.69) is 29.3 Å². The highest BCUT2D eigenvalue weighted by atomic mass is 16.7. The lowest BCUT2D eigenvalue weighted by Gasteiger charge is -2.20. The van der Waals surface area contributed by atoms with Crippen molar-refractivity contribution in [2.24, 2.45) is 5.73 Å². The van der Waals surface area contributed by atoms with Crippen molar-refractivity contribution in [1.29, 1.82) is 0 Å². The molecule has 0 aliphatic heterocycles. The minimum absolute atomic E-state index is 0.124. The Morgan fingerprint density at radius 2 is 1.80 bits per heavy atom. The second-order valence-corrected chi connectivity index (χ2v) is 4.96. The third kappa shape index (κ3) is 6.98. The molecule has 1 unspecified atom stereocenters. The zero-order chi connectivity index (χ0) is 14.6. The summed E-state index contributed by atoms with van der Waals surface area (Å²) in [5, 5.41) is 10.3. The van der Waals surface area contributed by atoms with Gasteiger partial charge in [0.25, 0.3) is 0 Å². The van der Waals surface area contributed by atoms with Crippen molar-refractivity contribution in [3.63, 3.8) is 0 Å². The molecule has 0 amide bonds. The van der Waals surface area contributed by atoms with Gasteiger partial charge >= 0.3 is 0 Å². The maximum atomic E-state index is 6.06. The number of aromatic amines is 1. The van der Waals surface area contributed by atoms with Gasteiger partial charge in [-0.2, -0.15) is 0 Å². The van der Waals surface area contributed by atoms with Gasteiger partial charge in [-0.05, 0) is 19.3 Å². The molecule has 1 atom stereocenters. The molecule has 0 fully saturated rings. The van der Waals surface area contributed by atoms with Crippen LogP contribution in [0.5, 0.6) is 0 Å². The van der Waals surface area contributed by atoms with Crippen LogP contribution < -0.4 is 5.73 Å². The minimum atomic E-state index is -0.161. The van der Waals surface area contributed by atoms with E-state index in [1.165, 1.54) is 0 Å². The van der Waals surface area contributed by atoms with Crippen molar-refractivity contribution in [3.05, 3.63) is 11.9 Å². The Kier molecular flexibility index (Phi) is 9.19. The largest absolute Gasteiger partial charge is 0.353 e. The van der Waals surface area contributed by atoms with Gasteiger partial charge in [0.2, 0.25) is 0 Å². The highest BCUT2D eigenvalue weighted by Crippen LogP contribution is 2.16. The average molecular weight is 284 g/mol. The summed E-state index contributed by atoms with van der Waals surface area (Å²) in [6.45, 7) is 5.78. The molecule has 0 aromatic carbocycles. The predicted octanol–water partition coefficient (Wildman–Crippen LogP) is 2.54. The number of aromatic nitrogens is 3. The molecule has 1 aromatic heterocycles. The van der Waals surface area contributed by atoms with Gasteiger partial charge in [0.1, 0.15) is 0 Å². The fraction of sp³-hybridized carbons (Fsp3) is 0.857. The van der Waals surface area contributed by atoms with Crippen molar-refractivity contribution in [2.45, 2.75) is 64.7 Å². The third-order valence-electron chi connectivity index (χ3n) is 3.13. The van der Waals surface area contributed by atoms with E-state index in [4.69, 9.17) is 15.2 Å². The highest BCUT2D eigenvalue weighted by molar-refractivity contribution is 4.97. The van der Waals surface area contributed by atoms with Crippen molar-refractivity contribution < 1.29 is 9.47 Å². The number of ether oxygens (including phenoxy) is 2. The van der Waals surface area contributed by atoms with Crippen LogP contribution in [0.15, 0.2) is 6.20 Å². The highest BCUT2D eigenvalue weighted by Gasteiger charge is 2.14. The van der Waals surface area contributed by atoms with Crippen LogP contribution in [0, 0.1) is 0 Å². The molecule has 0 saturated carbocycles. The van der Waals surface area contributed by atoms with Gasteiger partial charge in [0, 0.05) is 25.8 Å². The summed E-state index contributed by atoms with van der Waals surface area (Å²) < 4.78 is 11.6. The van der Waals surface area contributed by atoms with Crippen LogP contribution in [0.3, 0.4) is 0 Å². The summed E-state index contributed by atoms with van der Waals surface area (Å²) >= 11 is 0. The molecule has 6 nitrogen and oxygen atoms in total. The number of nitrogens with one attached hydrogen (secondary N) is 1. The van der Waals surface area contributed by atoms with Gasteiger partial charge in [0.15, 0.2) is 6.29 Å². The fourth-order valence-electron chi connectivity index (χ4n) is 1.79. The van der Waals surface area contributed by atoms with Crippen LogP contribution >= 0.6 is 0 Å². The number of unbranched alkanes of at least 4 members (excludes halogenated alkanes) is 2. The summed E-state index contributed by atoms with van der Waals surface area (Å²) in [6, 6.07) is -0.124. The van der Waals surface area contributed by atoms with E-state index in [1.54, 1.807) is 6.20 Å². The monoisotopic (exact) mass is 284 g/mol. The zero-order valence-electron chi connectivity index (χ0n) is 12.7. The second-order valence-electron chi connectivity index (χ2n) is 4.96. The number of hydrogen-bond donors (Lipinski definition) is 2.